The van der Waals surface area contributed by atoms with Gasteiger partial charge in [-0.3, -0.25) is 4.79 Å². The number of nitrogens with two attached hydrogens (primary N) is 1. The normalized spacial score (nSPS) is 12.8. The molecule has 0 aliphatic carbocycles. The number of hydrogen-bond acceptors (Lipinski definition) is 5. The Morgan fingerprint density at radius 3 is 2.75 bits per heavy atom. The van der Waals surface area contributed by atoms with Crippen LogP contribution in [0.1, 0.15) is 25.6 Å². The maximum Gasteiger partial charge on any atom is 0.237 e. The Labute approximate surface area is 94.6 Å². The summed E-state index contributed by atoms with van der Waals surface area (Å²) in [4.78, 5) is 15.5. The molecule has 1 aromatic heterocycles. The maximum absolute atomic E-state index is 11.5. The van der Waals surface area contributed by atoms with E-state index in [9.17, 15) is 4.79 Å². The monoisotopic (exact) mass is 226 g/mol. The van der Waals surface area contributed by atoms with Gasteiger partial charge in [-0.25, -0.2) is 0 Å². The summed E-state index contributed by atoms with van der Waals surface area (Å²) in [5.41, 5.74) is 5.68. The van der Waals surface area contributed by atoms with Crippen LogP contribution in [0, 0.1) is 12.8 Å². The third-order valence-corrected chi connectivity index (χ3v) is 2.24. The lowest BCUT2D eigenvalue weighted by Crippen LogP contribution is -2.44. The van der Waals surface area contributed by atoms with Crippen molar-refractivity contribution in [2.45, 2.75) is 33.2 Å². The first kappa shape index (κ1) is 12.6. The molecule has 90 valence electrons. The number of aromatic nitrogens is 2. The molecule has 6 nitrogen and oxygen atoms in total. The topological polar surface area (TPSA) is 94.0 Å². The number of nitrogens with zero attached hydrogens (tertiary/aromatic N) is 2. The van der Waals surface area contributed by atoms with Crippen molar-refractivity contribution in [3.8, 4) is 0 Å². The predicted molar refractivity (Wildman–Crippen MR) is 58.6 cm³/mol. The van der Waals surface area contributed by atoms with Gasteiger partial charge in [-0.2, -0.15) is 4.98 Å². The van der Waals surface area contributed by atoms with Crippen molar-refractivity contribution < 1.29 is 9.32 Å². The van der Waals surface area contributed by atoms with E-state index >= 15 is 0 Å². The van der Waals surface area contributed by atoms with Gasteiger partial charge in [-0.05, 0) is 5.92 Å². The van der Waals surface area contributed by atoms with Crippen molar-refractivity contribution in [1.82, 2.24) is 15.5 Å². The summed E-state index contributed by atoms with van der Waals surface area (Å²) < 4.78 is 4.81. The molecule has 0 unspecified atom stereocenters. The minimum Gasteiger partial charge on any atom is -0.354 e. The highest BCUT2D eigenvalue weighted by Crippen LogP contribution is 1.98. The highest BCUT2D eigenvalue weighted by molar-refractivity contribution is 5.81. The van der Waals surface area contributed by atoms with Gasteiger partial charge in [-0.15, -0.1) is 0 Å². The number of amides is 1. The Bertz CT molecular complexity index is 348. The van der Waals surface area contributed by atoms with E-state index in [2.05, 4.69) is 15.5 Å². The van der Waals surface area contributed by atoms with Crippen molar-refractivity contribution in [1.29, 1.82) is 0 Å². The Morgan fingerprint density at radius 1 is 1.56 bits per heavy atom. The number of hydrogen-bond donors (Lipinski definition) is 2. The average Bonchev–Trinajstić information content (AvgIpc) is 2.62. The Balaban J connectivity index is 2.28. The van der Waals surface area contributed by atoms with Crippen molar-refractivity contribution in [3.63, 3.8) is 0 Å². The molecule has 1 aromatic rings. The lowest BCUT2D eigenvalue weighted by molar-refractivity contribution is -0.123. The van der Waals surface area contributed by atoms with Crippen LogP contribution in [0.4, 0.5) is 0 Å². The fraction of sp³-hybridized carbons (Fsp3) is 0.700. The molecular weight excluding hydrogens is 208 g/mol. The molecule has 16 heavy (non-hydrogen) atoms. The van der Waals surface area contributed by atoms with Crippen LogP contribution in [0.2, 0.25) is 0 Å². The van der Waals surface area contributed by atoms with E-state index in [-0.39, 0.29) is 11.8 Å². The van der Waals surface area contributed by atoms with E-state index in [1.807, 2.05) is 13.8 Å². The molecule has 0 aliphatic rings. The number of nitrogens with one attached hydrogen (secondary N) is 1. The number of carbonyl (C=O) groups is 1. The first-order valence-electron chi connectivity index (χ1n) is 5.33. The molecule has 1 atom stereocenters. The van der Waals surface area contributed by atoms with E-state index in [0.29, 0.717) is 24.7 Å². The van der Waals surface area contributed by atoms with Crippen LogP contribution in [0.25, 0.3) is 0 Å². The van der Waals surface area contributed by atoms with Crippen LogP contribution in [-0.2, 0) is 11.2 Å². The van der Waals surface area contributed by atoms with E-state index in [4.69, 9.17) is 10.3 Å². The smallest absolute Gasteiger partial charge is 0.237 e. The highest BCUT2D eigenvalue weighted by atomic mass is 16.5. The summed E-state index contributed by atoms with van der Waals surface area (Å²) in [5.74, 6) is 1.11. The summed E-state index contributed by atoms with van der Waals surface area (Å²) in [5, 5.41) is 6.46. The zero-order valence-corrected chi connectivity index (χ0v) is 9.86. The fourth-order valence-electron chi connectivity index (χ4n) is 1.16. The third kappa shape index (κ3) is 3.62. The third-order valence-electron chi connectivity index (χ3n) is 2.24. The largest absolute Gasteiger partial charge is 0.354 e. The molecule has 0 saturated heterocycles. The molecule has 1 rings (SSSR count). The molecule has 0 aromatic carbocycles. The van der Waals surface area contributed by atoms with Crippen LogP contribution in [0.15, 0.2) is 4.52 Å². The second-order valence-corrected chi connectivity index (χ2v) is 4.04. The number of aryl methyl sites for hydroxylation is 1. The maximum atomic E-state index is 11.5. The molecule has 0 saturated carbocycles. The molecule has 0 fully saturated rings. The fourth-order valence-corrected chi connectivity index (χ4v) is 1.16. The Kier molecular flexibility index (Phi) is 4.42. The quantitative estimate of drug-likeness (QED) is 0.738. The van der Waals surface area contributed by atoms with Crippen molar-refractivity contribution >= 4 is 5.91 Å². The molecule has 0 aliphatic heterocycles. The molecule has 0 spiro atoms. The summed E-state index contributed by atoms with van der Waals surface area (Å²) in [6, 6.07) is -0.466. The van der Waals surface area contributed by atoms with Gasteiger partial charge in [0.1, 0.15) is 0 Å². The van der Waals surface area contributed by atoms with Gasteiger partial charge < -0.3 is 15.6 Å². The predicted octanol–water partition coefficient (Wildman–Crippen LogP) is 0.0200. The molecule has 6 heteroatoms. The molecule has 0 bridgehead atoms. The van der Waals surface area contributed by atoms with Crippen LogP contribution < -0.4 is 11.1 Å². The van der Waals surface area contributed by atoms with Crippen molar-refractivity contribution in [2.75, 3.05) is 6.54 Å². The van der Waals surface area contributed by atoms with Crippen molar-refractivity contribution in [3.05, 3.63) is 11.7 Å². The molecule has 1 heterocycles. The minimum atomic E-state index is -0.466. The van der Waals surface area contributed by atoms with Gasteiger partial charge in [0.15, 0.2) is 5.82 Å². The van der Waals surface area contributed by atoms with E-state index in [1.54, 1.807) is 6.92 Å². The first-order valence-corrected chi connectivity index (χ1v) is 5.33. The van der Waals surface area contributed by atoms with Gasteiger partial charge in [0, 0.05) is 19.9 Å². The lowest BCUT2D eigenvalue weighted by Gasteiger charge is -2.14. The molecular formula is C10H18N4O2. The number of carbonyl (C=O) groups excluding carboxylic acids is 1. The standard InChI is InChI=1S/C10H18N4O2/c1-6(2)9(11)10(15)12-5-4-8-13-7(3)16-14-8/h6,9H,4-5,11H2,1-3H3,(H,12,15)/t9-/m1/s1. The van der Waals surface area contributed by atoms with Gasteiger partial charge in [0.2, 0.25) is 11.8 Å². The average molecular weight is 226 g/mol. The second-order valence-electron chi connectivity index (χ2n) is 4.04. The van der Waals surface area contributed by atoms with Crippen LogP contribution in [0.3, 0.4) is 0 Å². The second kappa shape index (κ2) is 5.60. The summed E-state index contributed by atoms with van der Waals surface area (Å²) in [6.07, 6.45) is 0.549. The first-order chi connectivity index (χ1) is 7.50. The summed E-state index contributed by atoms with van der Waals surface area (Å²) >= 11 is 0. The highest BCUT2D eigenvalue weighted by Gasteiger charge is 2.16. The van der Waals surface area contributed by atoms with Gasteiger partial charge in [-0.1, -0.05) is 19.0 Å². The van der Waals surface area contributed by atoms with E-state index < -0.39 is 6.04 Å². The summed E-state index contributed by atoms with van der Waals surface area (Å²) in [6.45, 7) is 6.02. The van der Waals surface area contributed by atoms with Gasteiger partial charge in [0.05, 0.1) is 6.04 Å². The number of rotatable bonds is 5. The lowest BCUT2D eigenvalue weighted by atomic mass is 10.1. The SMILES string of the molecule is Cc1nc(CCNC(=O)[C@H](N)C(C)C)no1. The molecule has 0 radical (unpaired) electrons. The van der Waals surface area contributed by atoms with Crippen LogP contribution in [-0.4, -0.2) is 28.6 Å². The van der Waals surface area contributed by atoms with Crippen LogP contribution in [0.5, 0.6) is 0 Å². The summed E-state index contributed by atoms with van der Waals surface area (Å²) in [7, 11) is 0. The Morgan fingerprint density at radius 2 is 2.25 bits per heavy atom. The van der Waals surface area contributed by atoms with E-state index in [0.717, 1.165) is 0 Å². The van der Waals surface area contributed by atoms with E-state index in [1.165, 1.54) is 0 Å². The Hall–Kier alpha value is -1.43. The zero-order chi connectivity index (χ0) is 12.1. The zero-order valence-electron chi connectivity index (χ0n) is 9.86. The van der Waals surface area contributed by atoms with Crippen LogP contribution >= 0.6 is 0 Å². The molecule has 1 amide bonds. The van der Waals surface area contributed by atoms with Gasteiger partial charge >= 0.3 is 0 Å². The molecule has 3 N–H and O–H groups in total. The van der Waals surface area contributed by atoms with Gasteiger partial charge in [0.25, 0.3) is 0 Å². The minimum absolute atomic E-state index is 0.132. The van der Waals surface area contributed by atoms with Crippen molar-refractivity contribution in [2.24, 2.45) is 11.7 Å².